The third-order valence-corrected chi connectivity index (χ3v) is 7.09. The van der Waals surface area contributed by atoms with Crippen LogP contribution in [-0.4, -0.2) is 30.4 Å². The van der Waals surface area contributed by atoms with Crippen molar-refractivity contribution in [3.05, 3.63) is 0 Å². The van der Waals surface area contributed by atoms with E-state index in [2.05, 4.69) is 11.8 Å². The van der Waals surface area contributed by atoms with Gasteiger partial charge in [0, 0.05) is 19.5 Å². The summed E-state index contributed by atoms with van der Waals surface area (Å²) in [5.41, 5.74) is 6.43. The maximum Gasteiger partial charge on any atom is 0.223 e. The van der Waals surface area contributed by atoms with Crippen LogP contribution in [0, 0.1) is 28.6 Å². The summed E-state index contributed by atoms with van der Waals surface area (Å²) in [6, 6.07) is 0. The number of carbonyl (C=O) groups excluding carboxylic acids is 1. The van der Waals surface area contributed by atoms with E-state index in [4.69, 9.17) is 5.73 Å². The molecule has 1 heterocycles. The van der Waals surface area contributed by atoms with Gasteiger partial charge in [-0.3, -0.25) is 4.79 Å². The third kappa shape index (κ3) is 2.80. The van der Waals surface area contributed by atoms with Gasteiger partial charge < -0.3 is 10.6 Å². The lowest BCUT2D eigenvalue weighted by Gasteiger charge is -2.57. The molecule has 0 aromatic heterocycles. The van der Waals surface area contributed by atoms with E-state index >= 15 is 0 Å². The molecule has 4 bridgehead atoms. The zero-order valence-corrected chi connectivity index (χ0v) is 14.7. The number of nitrogens with zero attached hydrogens (tertiary/aromatic N) is 1. The van der Waals surface area contributed by atoms with Crippen molar-refractivity contribution in [3.63, 3.8) is 0 Å². The summed E-state index contributed by atoms with van der Waals surface area (Å²) in [5.74, 6) is 3.25. The van der Waals surface area contributed by atoms with E-state index < -0.39 is 0 Å². The number of nitrogens with two attached hydrogens (primary N) is 1. The molecule has 1 atom stereocenters. The standard InChI is InChI=1S/C18H30N2O.ClH/c1-17(11-19)2-3-20(12-17)16(21)10-18-7-13-4-14(8-18)6-15(5-13)9-18;/h13-15H,2-12,19H2,1H3;1H. The van der Waals surface area contributed by atoms with Crippen LogP contribution in [0.15, 0.2) is 0 Å². The van der Waals surface area contributed by atoms with E-state index in [1.807, 2.05) is 0 Å². The van der Waals surface area contributed by atoms with E-state index in [0.717, 1.165) is 43.7 Å². The second-order valence-electron chi connectivity index (χ2n) is 9.17. The fourth-order valence-corrected chi connectivity index (χ4v) is 6.34. The highest BCUT2D eigenvalue weighted by atomic mass is 35.5. The Labute approximate surface area is 140 Å². The fraction of sp³-hybridized carbons (Fsp3) is 0.944. The van der Waals surface area contributed by atoms with Crippen LogP contribution in [0.3, 0.4) is 0 Å². The highest BCUT2D eigenvalue weighted by Crippen LogP contribution is 2.61. The Hall–Kier alpha value is -0.280. The number of amides is 1. The molecule has 126 valence electrons. The van der Waals surface area contributed by atoms with Crippen molar-refractivity contribution in [2.24, 2.45) is 34.3 Å². The first kappa shape index (κ1) is 16.6. The van der Waals surface area contributed by atoms with Gasteiger partial charge >= 0.3 is 0 Å². The lowest BCUT2D eigenvalue weighted by Crippen LogP contribution is -2.48. The Kier molecular flexibility index (Phi) is 4.27. The van der Waals surface area contributed by atoms with Gasteiger partial charge in [0.15, 0.2) is 0 Å². The van der Waals surface area contributed by atoms with Crippen molar-refractivity contribution in [2.75, 3.05) is 19.6 Å². The summed E-state index contributed by atoms with van der Waals surface area (Å²) in [6.07, 6.45) is 10.3. The maximum atomic E-state index is 12.8. The van der Waals surface area contributed by atoms with Crippen molar-refractivity contribution >= 4 is 18.3 Å². The number of hydrogen-bond acceptors (Lipinski definition) is 2. The number of hydrogen-bond donors (Lipinski definition) is 1. The number of halogens is 1. The van der Waals surface area contributed by atoms with Crippen LogP contribution in [0.2, 0.25) is 0 Å². The Balaban J connectivity index is 0.00000144. The molecule has 1 saturated heterocycles. The topological polar surface area (TPSA) is 46.3 Å². The molecule has 0 spiro atoms. The van der Waals surface area contributed by atoms with E-state index in [1.54, 1.807) is 0 Å². The van der Waals surface area contributed by atoms with Crippen LogP contribution in [0.5, 0.6) is 0 Å². The predicted molar refractivity (Wildman–Crippen MR) is 90.8 cm³/mol. The van der Waals surface area contributed by atoms with Gasteiger partial charge in [-0.1, -0.05) is 6.92 Å². The Morgan fingerprint density at radius 3 is 2.14 bits per heavy atom. The molecule has 4 aliphatic carbocycles. The van der Waals surface area contributed by atoms with Gasteiger partial charge in [0.05, 0.1) is 0 Å². The molecule has 4 saturated carbocycles. The van der Waals surface area contributed by atoms with Gasteiger partial charge in [-0.05, 0) is 80.1 Å². The minimum absolute atomic E-state index is 0. The Morgan fingerprint density at radius 1 is 1.14 bits per heavy atom. The summed E-state index contributed by atoms with van der Waals surface area (Å²) in [7, 11) is 0. The summed E-state index contributed by atoms with van der Waals surface area (Å²) < 4.78 is 0. The highest BCUT2D eigenvalue weighted by Gasteiger charge is 2.52. The highest BCUT2D eigenvalue weighted by molar-refractivity contribution is 5.85. The molecule has 1 aliphatic heterocycles. The Morgan fingerprint density at radius 2 is 1.68 bits per heavy atom. The van der Waals surface area contributed by atoms with Gasteiger partial charge in [0.2, 0.25) is 5.91 Å². The quantitative estimate of drug-likeness (QED) is 0.865. The first-order valence-electron chi connectivity index (χ1n) is 8.97. The lowest BCUT2D eigenvalue weighted by atomic mass is 9.49. The molecule has 0 radical (unpaired) electrons. The first-order valence-corrected chi connectivity index (χ1v) is 8.97. The van der Waals surface area contributed by atoms with Crippen molar-refractivity contribution in [1.29, 1.82) is 0 Å². The fourth-order valence-electron chi connectivity index (χ4n) is 6.34. The molecule has 5 aliphatic rings. The second-order valence-corrected chi connectivity index (χ2v) is 9.17. The van der Waals surface area contributed by atoms with Crippen molar-refractivity contribution in [2.45, 2.75) is 58.3 Å². The minimum atomic E-state index is 0. The summed E-state index contributed by atoms with van der Waals surface area (Å²) in [6.45, 7) is 4.74. The van der Waals surface area contributed by atoms with E-state index in [9.17, 15) is 4.79 Å². The van der Waals surface area contributed by atoms with E-state index in [1.165, 1.54) is 38.5 Å². The number of carbonyl (C=O) groups is 1. The summed E-state index contributed by atoms with van der Waals surface area (Å²) in [4.78, 5) is 14.9. The van der Waals surface area contributed by atoms with Gasteiger partial charge in [0.25, 0.3) is 0 Å². The zero-order chi connectivity index (χ0) is 14.7. The molecule has 3 nitrogen and oxygen atoms in total. The molecular weight excluding hydrogens is 296 g/mol. The second kappa shape index (κ2) is 5.66. The summed E-state index contributed by atoms with van der Waals surface area (Å²) >= 11 is 0. The smallest absolute Gasteiger partial charge is 0.223 e. The maximum absolute atomic E-state index is 12.8. The lowest BCUT2D eigenvalue weighted by molar-refractivity contribution is -0.138. The van der Waals surface area contributed by atoms with Crippen LogP contribution in [0.25, 0.3) is 0 Å². The molecule has 2 N–H and O–H groups in total. The molecule has 0 aromatic rings. The molecule has 1 unspecified atom stereocenters. The molecule has 22 heavy (non-hydrogen) atoms. The molecule has 5 rings (SSSR count). The molecule has 5 fully saturated rings. The average Bonchev–Trinajstić information content (AvgIpc) is 2.80. The van der Waals surface area contributed by atoms with E-state index in [-0.39, 0.29) is 17.8 Å². The number of rotatable bonds is 3. The largest absolute Gasteiger partial charge is 0.342 e. The minimum Gasteiger partial charge on any atom is -0.342 e. The van der Waals surface area contributed by atoms with Crippen LogP contribution in [-0.2, 0) is 4.79 Å². The molecule has 1 amide bonds. The van der Waals surface area contributed by atoms with Gasteiger partial charge in [-0.15, -0.1) is 12.4 Å². The predicted octanol–water partition coefficient (Wildman–Crippen LogP) is 3.21. The van der Waals surface area contributed by atoms with Crippen LogP contribution < -0.4 is 5.73 Å². The average molecular weight is 327 g/mol. The van der Waals surface area contributed by atoms with E-state index in [0.29, 0.717) is 17.9 Å². The first-order chi connectivity index (χ1) is 9.99. The van der Waals surface area contributed by atoms with Crippen molar-refractivity contribution < 1.29 is 4.79 Å². The van der Waals surface area contributed by atoms with Crippen molar-refractivity contribution in [1.82, 2.24) is 4.90 Å². The van der Waals surface area contributed by atoms with Crippen molar-refractivity contribution in [3.8, 4) is 0 Å². The van der Waals surface area contributed by atoms with Crippen LogP contribution in [0.4, 0.5) is 0 Å². The molecule has 0 aromatic carbocycles. The van der Waals surface area contributed by atoms with Gasteiger partial charge in [0.1, 0.15) is 0 Å². The third-order valence-electron chi connectivity index (χ3n) is 7.09. The summed E-state index contributed by atoms with van der Waals surface area (Å²) in [5, 5.41) is 0. The molecule has 4 heteroatoms. The molecular formula is C18H31ClN2O. The monoisotopic (exact) mass is 326 g/mol. The number of likely N-dealkylation sites (tertiary alicyclic amines) is 1. The Bertz CT molecular complexity index is 417. The van der Waals surface area contributed by atoms with Crippen LogP contribution >= 0.6 is 12.4 Å². The zero-order valence-electron chi connectivity index (χ0n) is 13.9. The van der Waals surface area contributed by atoms with Gasteiger partial charge in [-0.2, -0.15) is 0 Å². The van der Waals surface area contributed by atoms with Crippen LogP contribution in [0.1, 0.15) is 58.3 Å². The normalized spacial score (nSPS) is 45.9. The SMILES string of the molecule is CC1(CN)CCN(C(=O)CC23CC4CC(CC(C4)C2)C3)C1.Cl. The van der Waals surface area contributed by atoms with Gasteiger partial charge in [-0.25, -0.2) is 0 Å².